The highest BCUT2D eigenvalue weighted by molar-refractivity contribution is 6.24. The molecule has 0 amide bonds. The second kappa shape index (κ2) is 6.52. The van der Waals surface area contributed by atoms with Crippen LogP contribution in [0.3, 0.4) is 0 Å². The molecule has 0 fully saturated rings. The van der Waals surface area contributed by atoms with E-state index in [1.54, 1.807) is 0 Å². The Morgan fingerprint density at radius 1 is 0.654 bits per heavy atom. The Kier molecular flexibility index (Phi) is 4.90. The monoisotopic (exact) mass is 358 g/mol. The molecule has 26 heavy (non-hydrogen) atoms. The Bertz CT molecular complexity index is 760. The van der Waals surface area contributed by atoms with Gasteiger partial charge in [-0.1, -0.05) is 12.2 Å². The largest absolute Gasteiger partial charge is 0.493 e. The van der Waals surface area contributed by atoms with Crippen molar-refractivity contribution in [2.24, 2.45) is 10.8 Å². The van der Waals surface area contributed by atoms with Crippen LogP contribution in [0.25, 0.3) is 0 Å². The first-order chi connectivity index (χ1) is 12.0. The lowest BCUT2D eigenvalue weighted by Gasteiger charge is -2.28. The number of allylic oxidation sites excluding steroid dienone is 8. The van der Waals surface area contributed by atoms with Gasteiger partial charge >= 0.3 is 0 Å². The molecule has 0 saturated heterocycles. The Labute approximate surface area is 152 Å². The zero-order valence-electron chi connectivity index (χ0n) is 15.8. The molecule has 138 valence electrons. The van der Waals surface area contributed by atoms with Crippen LogP contribution in [0.4, 0.5) is 0 Å². The van der Waals surface area contributed by atoms with Gasteiger partial charge in [-0.2, -0.15) is 0 Å². The fourth-order valence-electron chi connectivity index (χ4n) is 2.82. The summed E-state index contributed by atoms with van der Waals surface area (Å²) < 4.78 is 10.1. The summed E-state index contributed by atoms with van der Waals surface area (Å²) >= 11 is 0. The summed E-state index contributed by atoms with van der Waals surface area (Å²) in [6.07, 6.45) is 5.63. The third kappa shape index (κ3) is 2.96. The van der Waals surface area contributed by atoms with Crippen molar-refractivity contribution in [2.45, 2.75) is 27.7 Å². The normalized spacial score (nSPS) is 25.3. The Hall–Kier alpha value is -2.76. The van der Waals surface area contributed by atoms with Gasteiger partial charge in [0.2, 0.25) is 11.6 Å². The average Bonchev–Trinajstić information content (AvgIpc) is 2.59. The number of ketones is 4. The van der Waals surface area contributed by atoms with E-state index in [1.807, 2.05) is 0 Å². The van der Waals surface area contributed by atoms with Gasteiger partial charge < -0.3 is 9.47 Å². The van der Waals surface area contributed by atoms with E-state index in [1.165, 1.54) is 66.2 Å². The molecule has 0 aromatic carbocycles. The fourth-order valence-corrected chi connectivity index (χ4v) is 2.82. The van der Waals surface area contributed by atoms with Crippen molar-refractivity contribution >= 4 is 23.1 Å². The van der Waals surface area contributed by atoms with Gasteiger partial charge in [-0.25, -0.2) is 0 Å². The van der Waals surface area contributed by atoms with Crippen LogP contribution in [-0.2, 0) is 28.7 Å². The SMILES string of the molecule is COC1=CC(=CC=C2C=C(OC)C(=O)C(C)(C)C2=O)C(=O)C(C)(C)C1=O. The summed E-state index contributed by atoms with van der Waals surface area (Å²) in [6, 6.07) is 0. The molecule has 0 saturated carbocycles. The Balaban J connectivity index is 2.56. The summed E-state index contributed by atoms with van der Waals surface area (Å²) in [5, 5.41) is 0. The Morgan fingerprint density at radius 3 is 1.23 bits per heavy atom. The van der Waals surface area contributed by atoms with Crippen LogP contribution in [0, 0.1) is 10.8 Å². The summed E-state index contributed by atoms with van der Waals surface area (Å²) in [6.45, 7) is 6.12. The third-order valence-electron chi connectivity index (χ3n) is 4.70. The van der Waals surface area contributed by atoms with Crippen molar-refractivity contribution in [2.75, 3.05) is 14.2 Å². The molecule has 0 unspecified atom stereocenters. The van der Waals surface area contributed by atoms with Crippen molar-refractivity contribution in [3.63, 3.8) is 0 Å². The maximum absolute atomic E-state index is 12.6. The van der Waals surface area contributed by atoms with Crippen molar-refractivity contribution in [3.8, 4) is 0 Å². The van der Waals surface area contributed by atoms with Gasteiger partial charge in [0.1, 0.15) is 0 Å². The quantitative estimate of drug-likeness (QED) is 0.568. The van der Waals surface area contributed by atoms with Crippen LogP contribution in [0.15, 0.2) is 47.0 Å². The maximum atomic E-state index is 12.6. The summed E-state index contributed by atoms with van der Waals surface area (Å²) in [5.74, 6) is -1.35. The molecular formula is C20H22O6. The first-order valence-corrected chi connectivity index (χ1v) is 8.11. The van der Waals surface area contributed by atoms with Crippen molar-refractivity contribution < 1.29 is 28.7 Å². The molecule has 6 nitrogen and oxygen atoms in total. The van der Waals surface area contributed by atoms with E-state index in [9.17, 15) is 19.2 Å². The lowest BCUT2D eigenvalue weighted by molar-refractivity contribution is -0.138. The minimum Gasteiger partial charge on any atom is -0.493 e. The number of rotatable bonds is 3. The predicted octanol–water partition coefficient (Wildman–Crippen LogP) is 2.26. The molecule has 0 radical (unpaired) electrons. The molecule has 0 N–H and O–H groups in total. The molecule has 0 aliphatic heterocycles. The minimum absolute atomic E-state index is 0.0813. The molecule has 2 aliphatic carbocycles. The standard InChI is InChI=1S/C20H22O6/c1-19(2)15(21)11(9-13(25-5)17(19)23)7-8-12-10-14(26-6)18(24)20(3,4)16(12)22/h7-10H,1-6H3. The van der Waals surface area contributed by atoms with Gasteiger partial charge in [0.25, 0.3) is 0 Å². The van der Waals surface area contributed by atoms with Gasteiger partial charge in [-0.3, -0.25) is 19.2 Å². The number of carbonyl (C=O) groups is 4. The van der Waals surface area contributed by atoms with Crippen molar-refractivity contribution in [3.05, 3.63) is 47.0 Å². The topological polar surface area (TPSA) is 86.7 Å². The highest BCUT2D eigenvalue weighted by atomic mass is 16.5. The maximum Gasteiger partial charge on any atom is 0.210 e. The fraction of sp³-hybridized carbons (Fsp3) is 0.400. The molecule has 2 rings (SSSR count). The number of carbonyl (C=O) groups excluding carboxylic acids is 4. The van der Waals surface area contributed by atoms with Crippen LogP contribution in [0.2, 0.25) is 0 Å². The molecule has 0 aromatic heterocycles. The second-order valence-electron chi connectivity index (χ2n) is 7.24. The van der Waals surface area contributed by atoms with Gasteiger partial charge in [0.15, 0.2) is 23.1 Å². The van der Waals surface area contributed by atoms with Crippen LogP contribution < -0.4 is 0 Å². The lowest BCUT2D eigenvalue weighted by Crippen LogP contribution is -2.39. The first-order valence-electron chi connectivity index (χ1n) is 8.11. The average molecular weight is 358 g/mol. The Morgan fingerprint density at radius 2 is 0.962 bits per heavy atom. The third-order valence-corrected chi connectivity index (χ3v) is 4.70. The zero-order valence-corrected chi connectivity index (χ0v) is 15.8. The van der Waals surface area contributed by atoms with Gasteiger partial charge in [0, 0.05) is 11.1 Å². The van der Waals surface area contributed by atoms with E-state index >= 15 is 0 Å². The van der Waals surface area contributed by atoms with Crippen LogP contribution >= 0.6 is 0 Å². The molecule has 6 heteroatoms. The van der Waals surface area contributed by atoms with Gasteiger partial charge in [0.05, 0.1) is 25.0 Å². The molecular weight excluding hydrogens is 336 g/mol. The molecule has 0 heterocycles. The van der Waals surface area contributed by atoms with E-state index in [0.29, 0.717) is 0 Å². The van der Waals surface area contributed by atoms with Crippen molar-refractivity contribution in [1.82, 2.24) is 0 Å². The summed E-state index contributed by atoms with van der Waals surface area (Å²) in [5.41, 5.74) is -2.00. The van der Waals surface area contributed by atoms with Gasteiger partial charge in [-0.15, -0.1) is 0 Å². The highest BCUT2D eigenvalue weighted by Gasteiger charge is 2.44. The van der Waals surface area contributed by atoms with E-state index in [2.05, 4.69) is 0 Å². The number of Topliss-reactive ketones (excluding diaryl/α,β-unsaturated/α-hetero) is 4. The molecule has 0 aromatic rings. The predicted molar refractivity (Wildman–Crippen MR) is 93.9 cm³/mol. The van der Waals surface area contributed by atoms with Crippen molar-refractivity contribution in [1.29, 1.82) is 0 Å². The van der Waals surface area contributed by atoms with Crippen LogP contribution in [0.5, 0.6) is 0 Å². The number of ether oxygens (including phenoxy) is 2. The van der Waals surface area contributed by atoms with E-state index in [4.69, 9.17) is 9.47 Å². The van der Waals surface area contributed by atoms with Crippen LogP contribution in [0.1, 0.15) is 27.7 Å². The molecule has 0 spiro atoms. The zero-order chi connectivity index (χ0) is 19.9. The number of hydrogen-bond acceptors (Lipinski definition) is 6. The molecule has 2 aliphatic rings. The van der Waals surface area contributed by atoms with Gasteiger partial charge in [-0.05, 0) is 39.8 Å². The lowest BCUT2D eigenvalue weighted by atomic mass is 9.74. The van der Waals surface area contributed by atoms with Crippen LogP contribution in [-0.4, -0.2) is 37.4 Å². The van der Waals surface area contributed by atoms with E-state index in [-0.39, 0.29) is 34.2 Å². The summed E-state index contributed by atoms with van der Waals surface area (Å²) in [7, 11) is 2.72. The minimum atomic E-state index is -1.25. The smallest absolute Gasteiger partial charge is 0.210 e. The first kappa shape index (κ1) is 19.6. The highest BCUT2D eigenvalue weighted by Crippen LogP contribution is 2.34. The number of methoxy groups -OCH3 is 2. The summed E-state index contributed by atoms with van der Waals surface area (Å²) in [4.78, 5) is 49.6. The second-order valence-corrected chi connectivity index (χ2v) is 7.24. The molecule has 0 atom stereocenters. The molecule has 0 bridgehead atoms. The van der Waals surface area contributed by atoms with E-state index < -0.39 is 22.4 Å². The number of hydrogen-bond donors (Lipinski definition) is 0. The van der Waals surface area contributed by atoms with E-state index in [0.717, 1.165) is 0 Å².